The number of nitrogens with zero attached hydrogens (tertiary/aromatic N) is 2. The maximum atomic E-state index is 10.7. The SMILES string of the molecule is Cc1nc(CN(CC(=O)O)CC2CC2)cs1. The van der Waals surface area contributed by atoms with Gasteiger partial charge in [-0.3, -0.25) is 9.69 Å². The number of hydrogen-bond acceptors (Lipinski definition) is 4. The molecular weight excluding hydrogens is 224 g/mol. The lowest BCUT2D eigenvalue weighted by Gasteiger charge is -2.18. The molecule has 2 rings (SSSR count). The van der Waals surface area contributed by atoms with Crippen LogP contribution in [0.3, 0.4) is 0 Å². The normalized spacial score (nSPS) is 15.6. The molecule has 88 valence electrons. The van der Waals surface area contributed by atoms with E-state index in [1.165, 1.54) is 12.8 Å². The summed E-state index contributed by atoms with van der Waals surface area (Å²) >= 11 is 1.61. The van der Waals surface area contributed by atoms with Crippen LogP contribution in [0.2, 0.25) is 0 Å². The van der Waals surface area contributed by atoms with Gasteiger partial charge in [-0.2, -0.15) is 0 Å². The number of carboxylic acids is 1. The molecule has 0 amide bonds. The van der Waals surface area contributed by atoms with Gasteiger partial charge in [-0.1, -0.05) is 0 Å². The van der Waals surface area contributed by atoms with E-state index in [0.29, 0.717) is 12.5 Å². The van der Waals surface area contributed by atoms with Gasteiger partial charge in [0, 0.05) is 18.5 Å². The fraction of sp³-hybridized carbons (Fsp3) is 0.636. The highest BCUT2D eigenvalue weighted by atomic mass is 32.1. The molecule has 1 aromatic heterocycles. The van der Waals surface area contributed by atoms with Crippen molar-refractivity contribution in [3.8, 4) is 0 Å². The van der Waals surface area contributed by atoms with Crippen molar-refractivity contribution < 1.29 is 9.90 Å². The van der Waals surface area contributed by atoms with Gasteiger partial charge in [0.05, 0.1) is 17.2 Å². The largest absolute Gasteiger partial charge is 0.480 e. The summed E-state index contributed by atoms with van der Waals surface area (Å²) in [5.74, 6) is -0.0494. The lowest BCUT2D eigenvalue weighted by molar-refractivity contribution is -0.138. The van der Waals surface area contributed by atoms with Crippen molar-refractivity contribution in [1.29, 1.82) is 0 Å². The van der Waals surface area contributed by atoms with Crippen LogP contribution in [-0.2, 0) is 11.3 Å². The quantitative estimate of drug-likeness (QED) is 0.823. The van der Waals surface area contributed by atoms with E-state index in [4.69, 9.17) is 5.11 Å². The van der Waals surface area contributed by atoms with Crippen molar-refractivity contribution in [2.75, 3.05) is 13.1 Å². The van der Waals surface area contributed by atoms with Gasteiger partial charge in [-0.25, -0.2) is 4.98 Å². The van der Waals surface area contributed by atoms with Crippen LogP contribution in [0.15, 0.2) is 5.38 Å². The van der Waals surface area contributed by atoms with E-state index in [2.05, 4.69) is 4.98 Å². The van der Waals surface area contributed by atoms with Gasteiger partial charge in [0.15, 0.2) is 0 Å². The smallest absolute Gasteiger partial charge is 0.317 e. The minimum Gasteiger partial charge on any atom is -0.480 e. The summed E-state index contributed by atoms with van der Waals surface area (Å²) in [6.45, 7) is 3.64. The average molecular weight is 240 g/mol. The Hall–Kier alpha value is -0.940. The molecule has 1 aliphatic carbocycles. The van der Waals surface area contributed by atoms with Crippen LogP contribution in [0.4, 0.5) is 0 Å². The minimum atomic E-state index is -0.757. The number of rotatable bonds is 6. The molecule has 1 aliphatic rings. The second-order valence-electron chi connectivity index (χ2n) is 4.36. The lowest BCUT2D eigenvalue weighted by atomic mass is 10.3. The highest BCUT2D eigenvalue weighted by Crippen LogP contribution is 2.30. The van der Waals surface area contributed by atoms with Gasteiger partial charge < -0.3 is 5.11 Å². The number of carboxylic acid groups (broad SMARTS) is 1. The number of hydrogen-bond donors (Lipinski definition) is 1. The molecule has 0 aromatic carbocycles. The molecule has 16 heavy (non-hydrogen) atoms. The van der Waals surface area contributed by atoms with E-state index >= 15 is 0 Å². The summed E-state index contributed by atoms with van der Waals surface area (Å²) < 4.78 is 0. The Bertz CT molecular complexity index is 374. The first-order valence-electron chi connectivity index (χ1n) is 5.48. The van der Waals surface area contributed by atoms with Gasteiger partial charge >= 0.3 is 5.97 Å². The summed E-state index contributed by atoms with van der Waals surface area (Å²) in [6.07, 6.45) is 2.48. The highest BCUT2D eigenvalue weighted by Gasteiger charge is 2.25. The zero-order chi connectivity index (χ0) is 11.5. The van der Waals surface area contributed by atoms with Crippen LogP contribution in [0, 0.1) is 12.8 Å². The summed E-state index contributed by atoms with van der Waals surface area (Å²) in [4.78, 5) is 17.1. The molecular formula is C11H16N2O2S. The van der Waals surface area contributed by atoms with Crippen LogP contribution in [0.1, 0.15) is 23.5 Å². The van der Waals surface area contributed by atoms with Crippen molar-refractivity contribution in [1.82, 2.24) is 9.88 Å². The van der Waals surface area contributed by atoms with Crippen molar-refractivity contribution in [3.63, 3.8) is 0 Å². The second-order valence-corrected chi connectivity index (χ2v) is 5.43. The summed E-state index contributed by atoms with van der Waals surface area (Å²) in [5, 5.41) is 11.9. The van der Waals surface area contributed by atoms with E-state index in [1.54, 1.807) is 11.3 Å². The summed E-state index contributed by atoms with van der Waals surface area (Å²) in [5.41, 5.74) is 0.990. The first-order chi connectivity index (χ1) is 7.63. The number of aromatic nitrogens is 1. The number of aryl methyl sites for hydroxylation is 1. The molecule has 4 nitrogen and oxygen atoms in total. The molecule has 0 radical (unpaired) electrons. The number of aliphatic carboxylic acids is 1. The highest BCUT2D eigenvalue weighted by molar-refractivity contribution is 7.09. The topological polar surface area (TPSA) is 53.4 Å². The van der Waals surface area contributed by atoms with Gasteiger partial charge in [-0.15, -0.1) is 11.3 Å². The maximum absolute atomic E-state index is 10.7. The zero-order valence-corrected chi connectivity index (χ0v) is 10.2. The molecule has 1 aromatic rings. The predicted molar refractivity (Wildman–Crippen MR) is 62.5 cm³/mol. The number of carbonyl (C=O) groups is 1. The summed E-state index contributed by atoms with van der Waals surface area (Å²) in [6, 6.07) is 0. The molecule has 0 spiro atoms. The van der Waals surface area contributed by atoms with E-state index in [9.17, 15) is 4.79 Å². The van der Waals surface area contributed by atoms with Crippen molar-refractivity contribution in [3.05, 3.63) is 16.1 Å². The molecule has 0 saturated heterocycles. The molecule has 0 unspecified atom stereocenters. The Morgan fingerprint density at radius 1 is 1.69 bits per heavy atom. The Balaban J connectivity index is 1.91. The molecule has 1 N–H and O–H groups in total. The minimum absolute atomic E-state index is 0.118. The lowest BCUT2D eigenvalue weighted by Crippen LogP contribution is -2.31. The molecule has 0 atom stereocenters. The van der Waals surface area contributed by atoms with Crippen LogP contribution in [0.25, 0.3) is 0 Å². The molecule has 1 fully saturated rings. The Morgan fingerprint density at radius 3 is 2.94 bits per heavy atom. The van der Waals surface area contributed by atoms with Crippen LogP contribution >= 0.6 is 11.3 Å². The third kappa shape index (κ3) is 3.57. The van der Waals surface area contributed by atoms with E-state index in [-0.39, 0.29) is 6.54 Å². The zero-order valence-electron chi connectivity index (χ0n) is 9.35. The van der Waals surface area contributed by atoms with Crippen molar-refractivity contribution >= 4 is 17.3 Å². The number of thiazole rings is 1. The maximum Gasteiger partial charge on any atom is 0.317 e. The molecule has 0 bridgehead atoms. The molecule has 1 saturated carbocycles. The average Bonchev–Trinajstić information content (AvgIpc) is 2.89. The van der Waals surface area contributed by atoms with Gasteiger partial charge in [-0.05, 0) is 25.7 Å². The van der Waals surface area contributed by atoms with Crippen molar-refractivity contribution in [2.45, 2.75) is 26.3 Å². The third-order valence-corrected chi connectivity index (χ3v) is 3.45. The summed E-state index contributed by atoms with van der Waals surface area (Å²) in [7, 11) is 0. The Kier molecular flexibility index (Phi) is 3.56. The van der Waals surface area contributed by atoms with Gasteiger partial charge in [0.25, 0.3) is 0 Å². The molecule has 5 heteroatoms. The van der Waals surface area contributed by atoms with E-state index in [0.717, 1.165) is 17.2 Å². The fourth-order valence-corrected chi connectivity index (χ4v) is 2.36. The first-order valence-corrected chi connectivity index (χ1v) is 6.36. The Morgan fingerprint density at radius 2 is 2.44 bits per heavy atom. The fourth-order valence-electron chi connectivity index (χ4n) is 1.75. The second kappa shape index (κ2) is 4.93. The standard InChI is InChI=1S/C11H16N2O2S/c1-8-12-10(7-16-8)5-13(6-11(14)15)4-9-2-3-9/h7,9H,2-6H2,1H3,(H,14,15). The monoisotopic (exact) mass is 240 g/mol. The van der Waals surface area contributed by atoms with Crippen LogP contribution in [0.5, 0.6) is 0 Å². The first kappa shape index (κ1) is 11.5. The van der Waals surface area contributed by atoms with Gasteiger partial charge in [0.2, 0.25) is 0 Å². The van der Waals surface area contributed by atoms with E-state index < -0.39 is 5.97 Å². The molecule has 1 heterocycles. The van der Waals surface area contributed by atoms with Crippen molar-refractivity contribution in [2.24, 2.45) is 5.92 Å². The molecule has 0 aliphatic heterocycles. The van der Waals surface area contributed by atoms with Gasteiger partial charge in [0.1, 0.15) is 0 Å². The third-order valence-electron chi connectivity index (χ3n) is 2.62. The predicted octanol–water partition coefficient (Wildman–Crippen LogP) is 1.75. The van der Waals surface area contributed by atoms with Crippen LogP contribution in [-0.4, -0.2) is 34.0 Å². The van der Waals surface area contributed by atoms with Crippen LogP contribution < -0.4 is 0 Å². The Labute approximate surface area is 98.9 Å². The van der Waals surface area contributed by atoms with E-state index in [1.807, 2.05) is 17.2 Å².